The van der Waals surface area contributed by atoms with Gasteiger partial charge in [0, 0.05) is 5.92 Å². The Morgan fingerprint density at radius 3 is 2.65 bits per heavy atom. The maximum atomic E-state index is 6.57. The van der Waals surface area contributed by atoms with Gasteiger partial charge in [0.05, 0.1) is 12.1 Å². The van der Waals surface area contributed by atoms with E-state index in [-0.39, 0.29) is 0 Å². The van der Waals surface area contributed by atoms with Gasteiger partial charge in [0.1, 0.15) is 6.04 Å². The Morgan fingerprint density at radius 1 is 0.962 bits per heavy atom. The van der Waals surface area contributed by atoms with Gasteiger partial charge in [-0.2, -0.15) is 0 Å². The number of benzene rings is 2. The zero-order chi connectivity index (χ0) is 17.5. The third kappa shape index (κ3) is 2.61. The van der Waals surface area contributed by atoms with Crippen LogP contribution >= 0.6 is 0 Å². The molecule has 3 heteroatoms. The maximum Gasteiger partial charge on any atom is 0.344 e. The van der Waals surface area contributed by atoms with Crippen LogP contribution in [0.5, 0.6) is 0 Å². The van der Waals surface area contributed by atoms with Crippen LogP contribution < -0.4 is 11.1 Å². The molecule has 1 saturated heterocycles. The molecule has 3 N–H and O–H groups in total. The van der Waals surface area contributed by atoms with Crippen LogP contribution in [0.4, 0.5) is 0 Å². The fraction of sp³-hybridized carbons (Fsp3) is 0.435. The average Bonchev–Trinajstić information content (AvgIpc) is 3.12. The molecule has 4 atom stereocenters. The van der Waals surface area contributed by atoms with E-state index in [0.29, 0.717) is 24.0 Å². The lowest BCUT2D eigenvalue weighted by Crippen LogP contribution is -2.57. The molecule has 0 unspecified atom stereocenters. The molecule has 2 aromatic carbocycles. The number of nitrogens with zero attached hydrogens (tertiary/aromatic N) is 1. The molecule has 5 rings (SSSR count). The molecule has 0 bridgehead atoms. The van der Waals surface area contributed by atoms with E-state index in [1.165, 1.54) is 48.8 Å². The van der Waals surface area contributed by atoms with Gasteiger partial charge in [-0.15, -0.1) is 0 Å². The first kappa shape index (κ1) is 15.9. The Kier molecular flexibility index (Phi) is 3.96. The summed E-state index contributed by atoms with van der Waals surface area (Å²) in [5.74, 6) is 1.59. The first-order valence-corrected chi connectivity index (χ1v) is 10.1. The van der Waals surface area contributed by atoms with Crippen molar-refractivity contribution in [1.82, 2.24) is 5.32 Å². The highest BCUT2D eigenvalue weighted by atomic mass is 15.3. The normalized spacial score (nSPS) is 29.5. The second-order valence-electron chi connectivity index (χ2n) is 8.14. The zero-order valence-electron chi connectivity index (χ0n) is 15.3. The highest BCUT2D eigenvalue weighted by Crippen LogP contribution is 2.43. The van der Waals surface area contributed by atoms with E-state index in [4.69, 9.17) is 5.73 Å². The Labute approximate surface area is 155 Å². The lowest BCUT2D eigenvalue weighted by molar-refractivity contribution is -0.596. The monoisotopic (exact) mass is 346 g/mol. The minimum absolute atomic E-state index is 0.397. The summed E-state index contributed by atoms with van der Waals surface area (Å²) in [5, 5.41) is 3.69. The van der Waals surface area contributed by atoms with Crippen LogP contribution in [0, 0.1) is 5.92 Å². The lowest BCUT2D eigenvalue weighted by atomic mass is 9.75. The summed E-state index contributed by atoms with van der Waals surface area (Å²) in [5.41, 5.74) is 11.0. The van der Waals surface area contributed by atoms with E-state index in [0.717, 1.165) is 12.4 Å². The fourth-order valence-corrected chi connectivity index (χ4v) is 5.59. The predicted octanol–water partition coefficient (Wildman–Crippen LogP) is 3.38. The number of guanidine groups is 1. The van der Waals surface area contributed by atoms with Crippen LogP contribution in [-0.4, -0.2) is 22.6 Å². The smallest absolute Gasteiger partial charge is 0.291 e. The van der Waals surface area contributed by atoms with Gasteiger partial charge < -0.3 is 0 Å². The Hall–Kier alpha value is -2.29. The molecule has 0 amide bonds. The van der Waals surface area contributed by atoms with Gasteiger partial charge in [0.2, 0.25) is 0 Å². The summed E-state index contributed by atoms with van der Waals surface area (Å²) in [6.45, 7) is 0. The molecule has 3 nitrogen and oxygen atoms in total. The van der Waals surface area contributed by atoms with Gasteiger partial charge in [-0.1, -0.05) is 54.6 Å². The molecular weight excluding hydrogens is 318 g/mol. The van der Waals surface area contributed by atoms with Gasteiger partial charge in [-0.05, 0) is 55.2 Å². The molecular formula is C23H28N3+. The van der Waals surface area contributed by atoms with Crippen LogP contribution in [0.15, 0.2) is 54.6 Å². The van der Waals surface area contributed by atoms with Crippen LogP contribution in [0.3, 0.4) is 0 Å². The van der Waals surface area contributed by atoms with E-state index < -0.39 is 0 Å². The van der Waals surface area contributed by atoms with Crippen molar-refractivity contribution in [2.75, 3.05) is 0 Å². The molecule has 0 aromatic heterocycles. The first-order valence-electron chi connectivity index (χ1n) is 10.1. The van der Waals surface area contributed by atoms with Crippen molar-refractivity contribution in [2.45, 2.75) is 56.7 Å². The molecule has 1 aliphatic carbocycles. The number of hydrogen-bond acceptors (Lipinski definition) is 2. The SMILES string of the molecule is NC1=[N+]2[C@@H](CCc3ccccc3)CC[C@@H]2[C@@H]2CCc3ccccc3[C@@H]2N1. The van der Waals surface area contributed by atoms with Gasteiger partial charge in [0.25, 0.3) is 0 Å². The van der Waals surface area contributed by atoms with E-state index in [2.05, 4.69) is 64.5 Å². The number of aryl methyl sites for hydroxylation is 2. The van der Waals surface area contributed by atoms with Crippen molar-refractivity contribution in [2.24, 2.45) is 11.7 Å². The molecule has 2 heterocycles. The van der Waals surface area contributed by atoms with Crippen molar-refractivity contribution in [1.29, 1.82) is 0 Å². The van der Waals surface area contributed by atoms with Crippen molar-refractivity contribution in [3.8, 4) is 0 Å². The van der Waals surface area contributed by atoms with Crippen LogP contribution in [0.25, 0.3) is 0 Å². The molecule has 0 spiro atoms. The zero-order valence-corrected chi connectivity index (χ0v) is 15.3. The minimum Gasteiger partial charge on any atom is -0.291 e. The third-order valence-corrected chi connectivity index (χ3v) is 6.80. The highest BCUT2D eigenvalue weighted by Gasteiger charge is 2.48. The average molecular weight is 346 g/mol. The summed E-state index contributed by atoms with van der Waals surface area (Å²) in [6.07, 6.45) is 7.36. The van der Waals surface area contributed by atoms with Gasteiger partial charge in [-0.25, -0.2) is 0 Å². The Morgan fingerprint density at radius 2 is 1.77 bits per heavy atom. The largest absolute Gasteiger partial charge is 0.344 e. The van der Waals surface area contributed by atoms with E-state index in [9.17, 15) is 0 Å². The van der Waals surface area contributed by atoms with Crippen LogP contribution in [0.1, 0.15) is 48.4 Å². The Bertz CT molecular complexity index is 826. The van der Waals surface area contributed by atoms with E-state index >= 15 is 0 Å². The number of hydrogen-bond donors (Lipinski definition) is 2. The standard InChI is InChI=1S/C23H27N3/c24-23-25-22-19-9-5-4-8-17(19)11-14-20(22)21-15-13-18(26(21)23)12-10-16-6-2-1-3-7-16/h1-9,18,20-22H,10-15H2,(H2,24,25)/p+1/t18-,20-,21+,22-/m0/s1. The minimum atomic E-state index is 0.397. The number of fused-ring (bicyclic) bond motifs is 5. The topological polar surface area (TPSA) is 41.1 Å². The van der Waals surface area contributed by atoms with Crippen molar-refractivity contribution in [3.63, 3.8) is 0 Å². The second kappa shape index (κ2) is 6.46. The summed E-state index contributed by atoms with van der Waals surface area (Å²) in [4.78, 5) is 0. The molecule has 3 aliphatic rings. The number of nitrogens with two attached hydrogens (primary N) is 1. The van der Waals surface area contributed by atoms with Gasteiger partial charge >= 0.3 is 5.96 Å². The summed E-state index contributed by atoms with van der Waals surface area (Å²) in [7, 11) is 0. The van der Waals surface area contributed by atoms with Crippen molar-refractivity contribution < 1.29 is 4.58 Å². The first-order chi connectivity index (χ1) is 12.8. The summed E-state index contributed by atoms with van der Waals surface area (Å²) >= 11 is 0. The maximum absolute atomic E-state index is 6.57. The number of rotatable bonds is 3. The molecule has 2 aliphatic heterocycles. The van der Waals surface area contributed by atoms with Gasteiger partial charge in [-0.3, -0.25) is 15.6 Å². The van der Waals surface area contributed by atoms with E-state index in [1.54, 1.807) is 0 Å². The van der Waals surface area contributed by atoms with E-state index in [1.807, 2.05) is 0 Å². The predicted molar refractivity (Wildman–Crippen MR) is 105 cm³/mol. The lowest BCUT2D eigenvalue weighted by Gasteiger charge is -2.40. The molecule has 26 heavy (non-hydrogen) atoms. The molecule has 0 radical (unpaired) electrons. The van der Waals surface area contributed by atoms with Crippen molar-refractivity contribution >= 4 is 5.96 Å². The third-order valence-electron chi connectivity index (χ3n) is 6.80. The second-order valence-corrected chi connectivity index (χ2v) is 8.14. The van der Waals surface area contributed by atoms with Gasteiger partial charge in [0.15, 0.2) is 0 Å². The Balaban J connectivity index is 1.39. The molecule has 0 saturated carbocycles. The van der Waals surface area contributed by atoms with Crippen LogP contribution in [0.2, 0.25) is 0 Å². The number of nitrogens with one attached hydrogen (secondary N) is 1. The van der Waals surface area contributed by atoms with Crippen molar-refractivity contribution in [3.05, 3.63) is 71.3 Å². The molecule has 1 fully saturated rings. The highest BCUT2D eigenvalue weighted by molar-refractivity contribution is 5.74. The molecule has 2 aromatic rings. The fourth-order valence-electron chi connectivity index (χ4n) is 5.59. The van der Waals surface area contributed by atoms with Crippen LogP contribution in [-0.2, 0) is 12.8 Å². The molecule has 134 valence electrons. The quantitative estimate of drug-likeness (QED) is 0.837. The summed E-state index contributed by atoms with van der Waals surface area (Å²) < 4.78 is 2.54. The summed E-state index contributed by atoms with van der Waals surface area (Å²) in [6, 6.07) is 21.3.